The quantitative estimate of drug-likeness (QED) is 0.870. The van der Waals surface area contributed by atoms with Gasteiger partial charge in [0.15, 0.2) is 0 Å². The van der Waals surface area contributed by atoms with Crippen molar-refractivity contribution in [2.75, 3.05) is 49.5 Å². The molecule has 1 unspecified atom stereocenters. The van der Waals surface area contributed by atoms with Crippen molar-refractivity contribution in [3.8, 4) is 0 Å². The average Bonchev–Trinajstić information content (AvgIpc) is 3.20. The lowest BCUT2D eigenvalue weighted by atomic mass is 10.1. The number of aliphatic hydroxyl groups excluding tert-OH is 1. The van der Waals surface area contributed by atoms with Crippen molar-refractivity contribution in [1.82, 2.24) is 4.90 Å². The summed E-state index contributed by atoms with van der Waals surface area (Å²) in [4.78, 5) is 16.7. The fourth-order valence-corrected chi connectivity index (χ4v) is 3.56. The monoisotopic (exact) mass is 317 g/mol. The summed E-state index contributed by atoms with van der Waals surface area (Å²) in [5.41, 5.74) is 3.26. The third kappa shape index (κ3) is 4.03. The summed E-state index contributed by atoms with van der Waals surface area (Å²) in [6.07, 6.45) is 3.51. The number of nitrogens with one attached hydrogen (secondary N) is 1. The summed E-state index contributed by atoms with van der Waals surface area (Å²) < 4.78 is 0. The van der Waals surface area contributed by atoms with Gasteiger partial charge >= 0.3 is 0 Å². The molecular formula is C18H27N3O2. The molecule has 1 aromatic rings. The van der Waals surface area contributed by atoms with Gasteiger partial charge in [0.2, 0.25) is 5.91 Å². The second-order valence-corrected chi connectivity index (χ2v) is 6.81. The van der Waals surface area contributed by atoms with E-state index in [0.29, 0.717) is 12.5 Å². The van der Waals surface area contributed by atoms with E-state index in [4.69, 9.17) is 0 Å². The highest BCUT2D eigenvalue weighted by atomic mass is 16.3. The third-order valence-corrected chi connectivity index (χ3v) is 4.95. The van der Waals surface area contributed by atoms with E-state index in [9.17, 15) is 9.90 Å². The molecule has 3 rings (SSSR count). The lowest BCUT2D eigenvalue weighted by Gasteiger charge is -2.20. The highest BCUT2D eigenvalue weighted by Crippen LogP contribution is 2.25. The van der Waals surface area contributed by atoms with Crippen LogP contribution in [0, 0.1) is 12.8 Å². The predicted octanol–water partition coefficient (Wildman–Crippen LogP) is 1.85. The molecule has 2 N–H and O–H groups in total. The highest BCUT2D eigenvalue weighted by Gasteiger charge is 2.23. The summed E-state index contributed by atoms with van der Waals surface area (Å²) in [7, 11) is 0. The second kappa shape index (κ2) is 7.32. The van der Waals surface area contributed by atoms with Crippen LogP contribution in [-0.2, 0) is 4.79 Å². The minimum Gasteiger partial charge on any atom is -0.396 e. The van der Waals surface area contributed by atoms with Gasteiger partial charge < -0.3 is 15.3 Å². The van der Waals surface area contributed by atoms with Gasteiger partial charge in [-0.15, -0.1) is 0 Å². The number of aliphatic hydroxyl groups is 1. The maximum absolute atomic E-state index is 12.2. The minimum absolute atomic E-state index is 0.0283. The number of anilines is 2. The Bertz CT molecular complexity index is 555. The zero-order valence-electron chi connectivity index (χ0n) is 13.9. The Morgan fingerprint density at radius 3 is 2.74 bits per heavy atom. The van der Waals surface area contributed by atoms with Crippen LogP contribution in [0.5, 0.6) is 0 Å². The maximum Gasteiger partial charge on any atom is 0.238 e. The largest absolute Gasteiger partial charge is 0.396 e. The van der Waals surface area contributed by atoms with E-state index in [0.717, 1.165) is 43.9 Å². The Morgan fingerprint density at radius 1 is 1.30 bits per heavy atom. The number of carbonyl (C=O) groups is 1. The van der Waals surface area contributed by atoms with Crippen molar-refractivity contribution in [1.29, 1.82) is 0 Å². The van der Waals surface area contributed by atoms with Gasteiger partial charge in [-0.3, -0.25) is 9.69 Å². The highest BCUT2D eigenvalue weighted by molar-refractivity contribution is 5.93. The topological polar surface area (TPSA) is 55.8 Å². The Morgan fingerprint density at radius 2 is 2.09 bits per heavy atom. The Kier molecular flexibility index (Phi) is 5.18. The fourth-order valence-electron chi connectivity index (χ4n) is 3.56. The zero-order chi connectivity index (χ0) is 16.2. The molecule has 0 radical (unpaired) electrons. The molecule has 23 heavy (non-hydrogen) atoms. The van der Waals surface area contributed by atoms with Gasteiger partial charge in [-0.1, -0.05) is 0 Å². The van der Waals surface area contributed by atoms with E-state index >= 15 is 0 Å². The first-order chi connectivity index (χ1) is 11.2. The van der Waals surface area contributed by atoms with Gasteiger partial charge in [0, 0.05) is 37.6 Å². The molecule has 1 amide bonds. The van der Waals surface area contributed by atoms with Crippen LogP contribution in [0.3, 0.4) is 0 Å². The lowest BCUT2D eigenvalue weighted by Crippen LogP contribution is -2.32. The van der Waals surface area contributed by atoms with Crippen LogP contribution in [0.2, 0.25) is 0 Å². The van der Waals surface area contributed by atoms with Gasteiger partial charge in [0.25, 0.3) is 0 Å². The number of nitrogens with zero attached hydrogens (tertiary/aromatic N) is 2. The normalized spacial score (nSPS) is 21.8. The van der Waals surface area contributed by atoms with Gasteiger partial charge in [-0.05, 0) is 62.4 Å². The fraction of sp³-hybridized carbons (Fsp3) is 0.611. The first-order valence-electron chi connectivity index (χ1n) is 8.64. The number of hydrogen-bond donors (Lipinski definition) is 2. The Balaban J connectivity index is 1.56. The van der Waals surface area contributed by atoms with E-state index in [-0.39, 0.29) is 12.5 Å². The molecular weight excluding hydrogens is 290 g/mol. The first-order valence-corrected chi connectivity index (χ1v) is 8.64. The van der Waals surface area contributed by atoms with Gasteiger partial charge in [-0.25, -0.2) is 0 Å². The van der Waals surface area contributed by atoms with Crippen LogP contribution >= 0.6 is 0 Å². The van der Waals surface area contributed by atoms with Crippen LogP contribution in [0.25, 0.3) is 0 Å². The molecule has 1 atom stereocenters. The van der Waals surface area contributed by atoms with Crippen molar-refractivity contribution in [3.63, 3.8) is 0 Å². The van der Waals surface area contributed by atoms with Gasteiger partial charge in [-0.2, -0.15) is 0 Å². The standard InChI is InChI=1S/C18H27N3O2/c1-14-10-16(21-7-2-3-8-21)4-5-17(14)19-18(23)12-20-9-6-15(11-20)13-22/h4-5,10,15,22H,2-3,6-9,11-13H2,1H3,(H,19,23). The molecule has 0 spiro atoms. The number of rotatable bonds is 5. The molecule has 2 aliphatic rings. The summed E-state index contributed by atoms with van der Waals surface area (Å²) in [5.74, 6) is 0.352. The van der Waals surface area contributed by atoms with Crippen molar-refractivity contribution in [2.45, 2.75) is 26.2 Å². The second-order valence-electron chi connectivity index (χ2n) is 6.81. The molecule has 2 fully saturated rings. The molecule has 2 aliphatic heterocycles. The molecule has 126 valence electrons. The summed E-state index contributed by atoms with van der Waals surface area (Å²) in [5, 5.41) is 12.2. The molecule has 2 saturated heterocycles. The van der Waals surface area contributed by atoms with Crippen LogP contribution in [-0.4, -0.2) is 55.2 Å². The molecule has 2 heterocycles. The molecule has 1 aromatic carbocycles. The van der Waals surface area contributed by atoms with E-state index in [1.807, 2.05) is 13.0 Å². The van der Waals surface area contributed by atoms with Crippen molar-refractivity contribution in [2.24, 2.45) is 5.92 Å². The molecule has 0 aromatic heterocycles. The SMILES string of the molecule is Cc1cc(N2CCCC2)ccc1NC(=O)CN1CCC(CO)C1. The molecule has 0 bridgehead atoms. The first kappa shape index (κ1) is 16.3. The maximum atomic E-state index is 12.2. The van der Waals surface area contributed by atoms with Gasteiger partial charge in [0.05, 0.1) is 6.54 Å². The van der Waals surface area contributed by atoms with Crippen LogP contribution < -0.4 is 10.2 Å². The van der Waals surface area contributed by atoms with E-state index in [1.54, 1.807) is 0 Å². The smallest absolute Gasteiger partial charge is 0.238 e. The van der Waals surface area contributed by atoms with Gasteiger partial charge in [0.1, 0.15) is 0 Å². The van der Waals surface area contributed by atoms with E-state index in [2.05, 4.69) is 27.2 Å². The van der Waals surface area contributed by atoms with Crippen molar-refractivity contribution >= 4 is 17.3 Å². The van der Waals surface area contributed by atoms with Crippen molar-refractivity contribution in [3.05, 3.63) is 23.8 Å². The summed E-state index contributed by atoms with van der Waals surface area (Å²) in [6, 6.07) is 6.28. The average molecular weight is 317 g/mol. The zero-order valence-corrected chi connectivity index (χ0v) is 13.9. The Labute approximate surface area is 138 Å². The number of benzene rings is 1. The third-order valence-electron chi connectivity index (χ3n) is 4.95. The number of aryl methyl sites for hydroxylation is 1. The number of carbonyl (C=O) groups excluding carboxylic acids is 1. The molecule has 5 nitrogen and oxygen atoms in total. The lowest BCUT2D eigenvalue weighted by molar-refractivity contribution is -0.117. The summed E-state index contributed by atoms with van der Waals surface area (Å²) >= 11 is 0. The predicted molar refractivity (Wildman–Crippen MR) is 92.9 cm³/mol. The van der Waals surface area contributed by atoms with Crippen LogP contribution in [0.15, 0.2) is 18.2 Å². The number of likely N-dealkylation sites (tertiary alicyclic amines) is 1. The number of amides is 1. The van der Waals surface area contributed by atoms with E-state index < -0.39 is 0 Å². The number of hydrogen-bond acceptors (Lipinski definition) is 4. The van der Waals surface area contributed by atoms with Crippen molar-refractivity contribution < 1.29 is 9.90 Å². The molecule has 0 saturated carbocycles. The van der Waals surface area contributed by atoms with E-state index in [1.165, 1.54) is 18.5 Å². The molecule has 5 heteroatoms. The Hall–Kier alpha value is -1.59. The minimum atomic E-state index is 0.0283. The van der Waals surface area contributed by atoms with Crippen LogP contribution in [0.1, 0.15) is 24.8 Å². The van der Waals surface area contributed by atoms with Crippen LogP contribution in [0.4, 0.5) is 11.4 Å². The molecule has 0 aliphatic carbocycles. The summed E-state index contributed by atoms with van der Waals surface area (Å²) in [6.45, 7) is 6.65.